The summed E-state index contributed by atoms with van der Waals surface area (Å²) in [6.07, 6.45) is -4.13. The molecular weight excluding hydrogens is 259 g/mol. The molecule has 2 heterocycles. The van der Waals surface area contributed by atoms with E-state index in [0.717, 1.165) is 12.8 Å². The van der Waals surface area contributed by atoms with Crippen LogP contribution >= 0.6 is 0 Å². The lowest BCUT2D eigenvalue weighted by Crippen LogP contribution is -2.31. The van der Waals surface area contributed by atoms with E-state index >= 15 is 0 Å². The third-order valence-corrected chi connectivity index (χ3v) is 3.19. The molecule has 0 spiro atoms. The van der Waals surface area contributed by atoms with E-state index in [1.165, 1.54) is 0 Å². The fourth-order valence-corrected chi connectivity index (χ4v) is 2.13. The van der Waals surface area contributed by atoms with Crippen molar-refractivity contribution < 1.29 is 18.3 Å². The fraction of sp³-hybridized carbons (Fsp3) is 0.500. The lowest BCUT2D eigenvalue weighted by atomic mass is 10.2. The summed E-state index contributed by atoms with van der Waals surface area (Å²) in [7, 11) is 0. The zero-order valence-corrected chi connectivity index (χ0v) is 9.93. The second-order valence-corrected chi connectivity index (χ2v) is 4.74. The number of halogens is 3. The number of fused-ring (bicyclic) bond motifs is 1. The molecule has 1 atom stereocenters. The van der Waals surface area contributed by atoms with Crippen molar-refractivity contribution in [2.45, 2.75) is 37.6 Å². The highest BCUT2D eigenvalue weighted by Gasteiger charge is 2.40. The van der Waals surface area contributed by atoms with Gasteiger partial charge in [0, 0.05) is 18.7 Å². The quantitative estimate of drug-likeness (QED) is 0.931. The van der Waals surface area contributed by atoms with Crippen LogP contribution < -0.4 is 0 Å². The molecule has 1 unspecified atom stereocenters. The van der Waals surface area contributed by atoms with Crippen LogP contribution in [0, 0.1) is 0 Å². The molecule has 1 fully saturated rings. The smallest absolute Gasteiger partial charge is 0.383 e. The summed E-state index contributed by atoms with van der Waals surface area (Å²) in [6.45, 7) is 0. The van der Waals surface area contributed by atoms with Crippen LogP contribution in [0.2, 0.25) is 0 Å². The van der Waals surface area contributed by atoms with Gasteiger partial charge in [-0.25, -0.2) is 9.97 Å². The molecule has 0 bridgehead atoms. The van der Waals surface area contributed by atoms with Crippen LogP contribution in [0.3, 0.4) is 0 Å². The van der Waals surface area contributed by atoms with E-state index in [0.29, 0.717) is 11.2 Å². The number of hydrogen-bond donors (Lipinski definition) is 1. The second-order valence-electron chi connectivity index (χ2n) is 4.74. The maximum Gasteiger partial charge on any atom is 0.414 e. The molecule has 0 aliphatic heterocycles. The first-order valence-electron chi connectivity index (χ1n) is 6.03. The number of imidazole rings is 1. The molecule has 1 aliphatic carbocycles. The molecule has 19 heavy (non-hydrogen) atoms. The summed E-state index contributed by atoms with van der Waals surface area (Å²) in [5, 5.41) is 9.19. The Morgan fingerprint density at radius 2 is 2.16 bits per heavy atom. The zero-order chi connectivity index (χ0) is 13.6. The van der Waals surface area contributed by atoms with Crippen molar-refractivity contribution >= 4 is 11.2 Å². The fourth-order valence-electron chi connectivity index (χ4n) is 2.13. The molecule has 0 amide bonds. The van der Waals surface area contributed by atoms with Crippen molar-refractivity contribution in [1.82, 2.24) is 14.5 Å². The summed E-state index contributed by atoms with van der Waals surface area (Å²) in [5.74, 6) is 0.251. The van der Waals surface area contributed by atoms with Crippen molar-refractivity contribution in [1.29, 1.82) is 0 Å². The molecular formula is C12H12F3N3O. The van der Waals surface area contributed by atoms with E-state index in [2.05, 4.69) is 9.97 Å². The van der Waals surface area contributed by atoms with Crippen molar-refractivity contribution in [2.75, 3.05) is 0 Å². The highest BCUT2D eigenvalue weighted by Crippen LogP contribution is 2.38. The van der Waals surface area contributed by atoms with Crippen LogP contribution in [-0.4, -0.2) is 31.9 Å². The summed E-state index contributed by atoms with van der Waals surface area (Å²) >= 11 is 0. The molecule has 2 aromatic rings. The number of pyridine rings is 1. The normalized spacial score (nSPS) is 17.9. The topological polar surface area (TPSA) is 50.9 Å². The lowest BCUT2D eigenvalue weighted by Gasteiger charge is -2.14. The van der Waals surface area contributed by atoms with E-state index in [1.807, 2.05) is 0 Å². The van der Waals surface area contributed by atoms with Crippen LogP contribution in [0.4, 0.5) is 13.2 Å². The van der Waals surface area contributed by atoms with Crippen LogP contribution in [0.25, 0.3) is 11.2 Å². The van der Waals surface area contributed by atoms with Gasteiger partial charge in [-0.3, -0.25) is 0 Å². The number of aliphatic hydroxyl groups excluding tert-OH is 1. The Morgan fingerprint density at radius 3 is 2.79 bits per heavy atom. The van der Waals surface area contributed by atoms with Crippen LogP contribution in [0.1, 0.15) is 24.7 Å². The lowest BCUT2D eigenvalue weighted by molar-refractivity contribution is -0.203. The summed E-state index contributed by atoms with van der Waals surface area (Å²) in [5.41, 5.74) is 1.16. The first-order valence-corrected chi connectivity index (χ1v) is 6.03. The Hall–Kier alpha value is -1.63. The number of alkyl halides is 3. The third kappa shape index (κ3) is 2.30. The van der Waals surface area contributed by atoms with Gasteiger partial charge >= 0.3 is 6.18 Å². The molecule has 2 aromatic heterocycles. The number of hydrogen-bond acceptors (Lipinski definition) is 3. The van der Waals surface area contributed by atoms with Gasteiger partial charge in [0.05, 0.1) is 0 Å². The van der Waals surface area contributed by atoms with Crippen molar-refractivity contribution in [2.24, 2.45) is 0 Å². The molecule has 1 aliphatic rings. The van der Waals surface area contributed by atoms with Gasteiger partial charge in [-0.05, 0) is 25.0 Å². The first-order chi connectivity index (χ1) is 8.97. The predicted octanol–water partition coefficient (Wildman–Crippen LogP) is 2.23. The van der Waals surface area contributed by atoms with Crippen molar-refractivity contribution in [3.63, 3.8) is 0 Å². The summed E-state index contributed by atoms with van der Waals surface area (Å²) in [6, 6.07) is 3.57. The van der Waals surface area contributed by atoms with Gasteiger partial charge < -0.3 is 9.67 Å². The van der Waals surface area contributed by atoms with Crippen molar-refractivity contribution in [3.05, 3.63) is 24.2 Å². The third-order valence-electron chi connectivity index (χ3n) is 3.19. The summed E-state index contributed by atoms with van der Waals surface area (Å²) < 4.78 is 39.0. The minimum absolute atomic E-state index is 0.162. The van der Waals surface area contributed by atoms with Gasteiger partial charge in [-0.15, -0.1) is 0 Å². The largest absolute Gasteiger partial charge is 0.414 e. The standard InChI is InChI=1S/C12H12F3N3O/c13-12(14,15)9(19)6-10-17-8-2-1-5-16-11(8)18(10)7-3-4-7/h1-2,5,7,9,19H,3-4,6H2. The molecule has 3 rings (SSSR count). The monoisotopic (exact) mass is 271 g/mol. The zero-order valence-electron chi connectivity index (χ0n) is 9.93. The number of nitrogens with zero attached hydrogens (tertiary/aromatic N) is 3. The van der Waals surface area contributed by atoms with Gasteiger partial charge in [0.2, 0.25) is 0 Å². The molecule has 0 saturated heterocycles. The number of rotatable bonds is 3. The minimum atomic E-state index is -4.63. The van der Waals surface area contributed by atoms with Gasteiger partial charge in [0.25, 0.3) is 0 Å². The highest BCUT2D eigenvalue weighted by molar-refractivity contribution is 5.71. The van der Waals surface area contributed by atoms with E-state index in [1.54, 1.807) is 22.9 Å². The van der Waals surface area contributed by atoms with E-state index < -0.39 is 18.7 Å². The number of aliphatic hydroxyl groups is 1. The molecule has 1 N–H and O–H groups in total. The van der Waals surface area contributed by atoms with Gasteiger partial charge in [-0.2, -0.15) is 13.2 Å². The highest BCUT2D eigenvalue weighted by atomic mass is 19.4. The molecule has 7 heteroatoms. The molecule has 0 radical (unpaired) electrons. The van der Waals surface area contributed by atoms with Gasteiger partial charge in [0.1, 0.15) is 11.3 Å². The van der Waals surface area contributed by atoms with E-state index in [9.17, 15) is 18.3 Å². The minimum Gasteiger partial charge on any atom is -0.383 e. The average molecular weight is 271 g/mol. The van der Waals surface area contributed by atoms with Crippen LogP contribution in [0.15, 0.2) is 18.3 Å². The van der Waals surface area contributed by atoms with Gasteiger partial charge in [-0.1, -0.05) is 0 Å². The maximum atomic E-state index is 12.4. The average Bonchev–Trinajstić information content (AvgIpc) is 3.09. The van der Waals surface area contributed by atoms with Crippen LogP contribution in [0.5, 0.6) is 0 Å². The SMILES string of the molecule is OC(Cc1nc2cccnc2n1C1CC1)C(F)(F)F. The molecule has 4 nitrogen and oxygen atoms in total. The van der Waals surface area contributed by atoms with Crippen LogP contribution in [-0.2, 0) is 6.42 Å². The van der Waals surface area contributed by atoms with E-state index in [4.69, 9.17) is 0 Å². The van der Waals surface area contributed by atoms with Crippen molar-refractivity contribution in [3.8, 4) is 0 Å². The molecule has 0 aromatic carbocycles. The Balaban J connectivity index is 2.01. The Labute approximate surface area is 106 Å². The van der Waals surface area contributed by atoms with Gasteiger partial charge in [0.15, 0.2) is 11.8 Å². The number of aromatic nitrogens is 3. The molecule has 102 valence electrons. The Kier molecular flexibility index (Phi) is 2.74. The maximum absolute atomic E-state index is 12.4. The Bertz CT molecular complexity index is 604. The Morgan fingerprint density at radius 1 is 1.42 bits per heavy atom. The summed E-state index contributed by atoms with van der Waals surface area (Å²) in [4.78, 5) is 8.34. The molecule has 1 saturated carbocycles. The first kappa shape index (κ1) is 12.4. The predicted molar refractivity (Wildman–Crippen MR) is 61.6 cm³/mol. The second kappa shape index (κ2) is 4.19. The van der Waals surface area contributed by atoms with E-state index in [-0.39, 0.29) is 11.9 Å².